The largest absolute Gasteiger partial charge is 0.135 e. The molecule has 8 aromatic carbocycles. The molecular weight excluding hydrogens is 569 g/mol. The molecule has 0 atom stereocenters. The molecule has 0 aliphatic heterocycles. The maximum Gasteiger partial charge on any atom is 0.0448 e. The summed E-state index contributed by atoms with van der Waals surface area (Å²) >= 11 is 3.82. The first kappa shape index (κ1) is 24.4. The van der Waals surface area contributed by atoms with Gasteiger partial charge in [0.1, 0.15) is 0 Å². The highest BCUT2D eigenvalue weighted by Gasteiger charge is 2.18. The molecule has 204 valence electrons. The second-order valence-corrected chi connectivity index (χ2v) is 13.8. The van der Waals surface area contributed by atoms with Crippen LogP contribution >= 0.6 is 22.7 Å². The lowest BCUT2D eigenvalue weighted by atomic mass is 9.85. The first-order valence-electron chi connectivity index (χ1n) is 15.0. The molecule has 10 rings (SSSR count). The highest BCUT2D eigenvalue weighted by Crippen LogP contribution is 2.48. The van der Waals surface area contributed by atoms with E-state index in [0.29, 0.717) is 0 Å². The van der Waals surface area contributed by atoms with Gasteiger partial charge in [0.15, 0.2) is 0 Å². The van der Waals surface area contributed by atoms with E-state index in [1.807, 2.05) is 22.7 Å². The summed E-state index contributed by atoms with van der Waals surface area (Å²) < 4.78 is 5.46. The number of fused-ring (bicyclic) bond motifs is 10. The smallest absolute Gasteiger partial charge is 0.0448 e. The van der Waals surface area contributed by atoms with Gasteiger partial charge < -0.3 is 0 Å². The molecule has 0 fully saturated rings. The molecule has 2 heterocycles. The van der Waals surface area contributed by atoms with Gasteiger partial charge in [0.2, 0.25) is 0 Å². The van der Waals surface area contributed by atoms with E-state index in [4.69, 9.17) is 0 Å². The van der Waals surface area contributed by atoms with Crippen molar-refractivity contribution in [1.29, 1.82) is 0 Å². The third-order valence-electron chi connectivity index (χ3n) is 9.24. The van der Waals surface area contributed by atoms with Crippen LogP contribution in [0.2, 0.25) is 0 Å². The fourth-order valence-corrected chi connectivity index (χ4v) is 9.72. The number of thiophene rings is 2. The monoisotopic (exact) mass is 592 g/mol. The van der Waals surface area contributed by atoms with Crippen LogP contribution in [0.3, 0.4) is 0 Å². The fraction of sp³-hybridized carbons (Fsp3) is 0. The summed E-state index contributed by atoms with van der Waals surface area (Å²) in [6, 6.07) is 54.1. The predicted molar refractivity (Wildman–Crippen MR) is 196 cm³/mol. The lowest BCUT2D eigenvalue weighted by Crippen LogP contribution is -1.91. The van der Waals surface area contributed by atoms with Crippen LogP contribution in [-0.4, -0.2) is 0 Å². The van der Waals surface area contributed by atoms with Crippen molar-refractivity contribution in [2.24, 2.45) is 0 Å². The van der Waals surface area contributed by atoms with Gasteiger partial charge in [-0.2, -0.15) is 0 Å². The molecule has 0 bridgehead atoms. The number of hydrogen-bond acceptors (Lipinski definition) is 2. The van der Waals surface area contributed by atoms with E-state index in [2.05, 4.69) is 146 Å². The summed E-state index contributed by atoms with van der Waals surface area (Å²) in [6.45, 7) is 0. The fourth-order valence-electron chi connectivity index (χ4n) is 7.29. The molecule has 0 nitrogen and oxygen atoms in total. The van der Waals surface area contributed by atoms with E-state index in [0.717, 1.165) is 0 Å². The summed E-state index contributed by atoms with van der Waals surface area (Å²) in [7, 11) is 0. The van der Waals surface area contributed by atoms with Gasteiger partial charge in [0.25, 0.3) is 0 Å². The molecule has 0 N–H and O–H groups in total. The zero-order valence-corrected chi connectivity index (χ0v) is 25.3. The summed E-state index contributed by atoms with van der Waals surface area (Å²) in [5.74, 6) is 0. The molecule has 0 aliphatic rings. The average molecular weight is 593 g/mol. The minimum Gasteiger partial charge on any atom is -0.135 e. The van der Waals surface area contributed by atoms with Crippen LogP contribution < -0.4 is 0 Å². The van der Waals surface area contributed by atoms with Gasteiger partial charge in [-0.1, -0.05) is 115 Å². The quantitative estimate of drug-likeness (QED) is 0.175. The maximum atomic E-state index is 2.44. The topological polar surface area (TPSA) is 0 Å². The van der Waals surface area contributed by atoms with Gasteiger partial charge in [-0.3, -0.25) is 0 Å². The minimum absolute atomic E-state index is 1.26. The third-order valence-corrected chi connectivity index (χ3v) is 11.6. The first-order chi connectivity index (χ1) is 21.8. The minimum atomic E-state index is 1.26. The standard InChI is InChI=1S/C42H24S2/c1-2-10-26-23-27(18-17-25(26)9-1)39-29-11-3-5-13-31(29)40(32-14-6-4-12-30(32)39)28-19-21-37-35(24-28)33-20-22-38-41(42(33)44-37)34-15-7-8-16-36(34)43-38/h1-24H. The Morgan fingerprint density at radius 3 is 1.59 bits per heavy atom. The van der Waals surface area contributed by atoms with E-state index in [-0.39, 0.29) is 0 Å². The number of benzene rings is 8. The van der Waals surface area contributed by atoms with E-state index < -0.39 is 0 Å². The van der Waals surface area contributed by atoms with Crippen LogP contribution in [0.15, 0.2) is 146 Å². The Labute approximate surface area is 262 Å². The Balaban J connectivity index is 1.27. The number of hydrogen-bond donors (Lipinski definition) is 0. The molecule has 44 heavy (non-hydrogen) atoms. The third kappa shape index (κ3) is 3.44. The summed E-state index contributed by atoms with van der Waals surface area (Å²) in [5, 5.41) is 13.2. The van der Waals surface area contributed by atoms with Gasteiger partial charge in [-0.05, 0) is 84.9 Å². The molecule has 0 amide bonds. The second-order valence-electron chi connectivity index (χ2n) is 11.6. The van der Waals surface area contributed by atoms with E-state index in [1.54, 1.807) is 0 Å². The molecule has 0 spiro atoms. The molecule has 2 heteroatoms. The zero-order valence-electron chi connectivity index (χ0n) is 23.7. The van der Waals surface area contributed by atoms with Crippen molar-refractivity contribution < 1.29 is 0 Å². The summed E-state index contributed by atoms with van der Waals surface area (Å²) in [5.41, 5.74) is 5.14. The van der Waals surface area contributed by atoms with Crippen LogP contribution in [-0.2, 0) is 0 Å². The highest BCUT2D eigenvalue weighted by atomic mass is 32.1. The van der Waals surface area contributed by atoms with Crippen molar-refractivity contribution in [2.45, 2.75) is 0 Å². The van der Waals surface area contributed by atoms with Gasteiger partial charge in [-0.25, -0.2) is 0 Å². The van der Waals surface area contributed by atoms with Gasteiger partial charge in [0.05, 0.1) is 0 Å². The van der Waals surface area contributed by atoms with Crippen LogP contribution in [0.5, 0.6) is 0 Å². The van der Waals surface area contributed by atoms with E-state index in [9.17, 15) is 0 Å². The van der Waals surface area contributed by atoms with Crippen LogP contribution in [0.1, 0.15) is 0 Å². The molecule has 10 aromatic rings. The molecule has 0 saturated heterocycles. The van der Waals surface area contributed by atoms with Crippen LogP contribution in [0, 0.1) is 0 Å². The predicted octanol–water partition coefficient (Wildman–Crippen LogP) is 13.2. The average Bonchev–Trinajstić information content (AvgIpc) is 3.65. The Morgan fingerprint density at radius 1 is 0.318 bits per heavy atom. The van der Waals surface area contributed by atoms with Crippen molar-refractivity contribution in [3.8, 4) is 22.3 Å². The number of rotatable bonds is 2. The first-order valence-corrected chi connectivity index (χ1v) is 16.6. The summed E-state index contributed by atoms with van der Waals surface area (Å²) in [4.78, 5) is 0. The van der Waals surface area contributed by atoms with Gasteiger partial charge in [0, 0.05) is 40.3 Å². The summed E-state index contributed by atoms with van der Waals surface area (Å²) in [6.07, 6.45) is 0. The van der Waals surface area contributed by atoms with Crippen molar-refractivity contribution in [1.82, 2.24) is 0 Å². The van der Waals surface area contributed by atoms with E-state index >= 15 is 0 Å². The Hall–Kier alpha value is -5.02. The van der Waals surface area contributed by atoms with Crippen LogP contribution in [0.25, 0.3) is 94.9 Å². The molecule has 0 radical (unpaired) electrons. The van der Waals surface area contributed by atoms with E-state index in [1.165, 1.54) is 94.9 Å². The van der Waals surface area contributed by atoms with Crippen molar-refractivity contribution in [3.63, 3.8) is 0 Å². The van der Waals surface area contributed by atoms with Gasteiger partial charge >= 0.3 is 0 Å². The van der Waals surface area contributed by atoms with Crippen LogP contribution in [0.4, 0.5) is 0 Å². The lowest BCUT2D eigenvalue weighted by Gasteiger charge is -2.18. The lowest BCUT2D eigenvalue weighted by molar-refractivity contribution is 1.69. The van der Waals surface area contributed by atoms with Gasteiger partial charge in [-0.15, -0.1) is 22.7 Å². The Kier molecular flexibility index (Phi) is 5.13. The molecule has 0 saturated carbocycles. The molecule has 0 aliphatic carbocycles. The SMILES string of the molecule is c1ccc2cc(-c3c4ccccc4c(-c4ccc5sc6c(ccc7sc8ccccc8c76)c5c4)c4ccccc34)ccc2c1. The maximum absolute atomic E-state index is 2.44. The second kappa shape index (κ2) is 9.24. The Morgan fingerprint density at radius 2 is 0.864 bits per heavy atom. The molecule has 2 aromatic heterocycles. The highest BCUT2D eigenvalue weighted by molar-refractivity contribution is 7.29. The zero-order chi connectivity index (χ0) is 28.8. The van der Waals surface area contributed by atoms with Crippen molar-refractivity contribution in [2.75, 3.05) is 0 Å². The van der Waals surface area contributed by atoms with Crippen molar-refractivity contribution in [3.05, 3.63) is 146 Å². The normalized spacial score (nSPS) is 12.1. The van der Waals surface area contributed by atoms with Crippen molar-refractivity contribution >= 4 is 95.3 Å². The molecule has 0 unspecified atom stereocenters. The molecular formula is C42H24S2. The Bertz CT molecular complexity index is 2720.